The van der Waals surface area contributed by atoms with Crippen LogP contribution in [0.4, 0.5) is 0 Å². The summed E-state index contributed by atoms with van der Waals surface area (Å²) in [4.78, 5) is 6.97. The second kappa shape index (κ2) is 10.7. The van der Waals surface area contributed by atoms with E-state index in [1.807, 2.05) is 26.0 Å². The number of rotatable bonds is 9. The van der Waals surface area contributed by atoms with Crippen LogP contribution in [-0.4, -0.2) is 63.0 Å². The summed E-state index contributed by atoms with van der Waals surface area (Å²) in [5.41, 5.74) is 5.04. The molecule has 0 saturated carbocycles. The molecule has 1 unspecified atom stereocenters. The van der Waals surface area contributed by atoms with Crippen LogP contribution in [0.25, 0.3) is 17.0 Å². The molecular weight excluding hydrogens is 436 g/mol. The predicted octanol–water partition coefficient (Wildman–Crippen LogP) is 3.51. The summed E-state index contributed by atoms with van der Waals surface area (Å²) in [6.45, 7) is 5.16. The van der Waals surface area contributed by atoms with Gasteiger partial charge in [-0.3, -0.25) is 4.90 Å². The Morgan fingerprint density at radius 2 is 2.06 bits per heavy atom. The SMILES string of the molecule is CC(C)OC1CC=C(c2nc(-c3cccc4c3CC[C@@H]4N(CCO)CCO)ns2)C=C1C#N. The third-order valence-corrected chi connectivity index (χ3v) is 6.91. The minimum absolute atomic E-state index is 0.0597. The van der Waals surface area contributed by atoms with Crippen LogP contribution in [0.2, 0.25) is 0 Å². The Hall–Kier alpha value is -2.41. The molecule has 0 radical (unpaired) electrons. The van der Waals surface area contributed by atoms with E-state index in [1.165, 1.54) is 22.7 Å². The Morgan fingerprint density at radius 3 is 2.76 bits per heavy atom. The van der Waals surface area contributed by atoms with Gasteiger partial charge in [0, 0.05) is 30.3 Å². The summed E-state index contributed by atoms with van der Waals surface area (Å²) < 4.78 is 10.5. The highest BCUT2D eigenvalue weighted by molar-refractivity contribution is 7.06. The van der Waals surface area contributed by atoms with Gasteiger partial charge >= 0.3 is 0 Å². The summed E-state index contributed by atoms with van der Waals surface area (Å²) in [5, 5.41) is 29.3. The molecule has 0 spiro atoms. The van der Waals surface area contributed by atoms with E-state index in [1.54, 1.807) is 0 Å². The minimum Gasteiger partial charge on any atom is -0.395 e. The lowest BCUT2D eigenvalue weighted by molar-refractivity contribution is 0.0327. The number of allylic oxidation sites excluding steroid dienone is 2. The number of benzene rings is 1. The molecule has 0 bridgehead atoms. The molecule has 174 valence electrons. The zero-order valence-electron chi connectivity index (χ0n) is 19.1. The van der Waals surface area contributed by atoms with E-state index in [0.29, 0.717) is 30.9 Å². The lowest BCUT2D eigenvalue weighted by atomic mass is 9.97. The van der Waals surface area contributed by atoms with Crippen LogP contribution in [0.15, 0.2) is 35.9 Å². The van der Waals surface area contributed by atoms with Crippen LogP contribution in [0.5, 0.6) is 0 Å². The largest absolute Gasteiger partial charge is 0.395 e. The van der Waals surface area contributed by atoms with Gasteiger partial charge in [-0.2, -0.15) is 9.64 Å². The van der Waals surface area contributed by atoms with E-state index in [-0.39, 0.29) is 31.5 Å². The van der Waals surface area contributed by atoms with Crippen LogP contribution in [0.3, 0.4) is 0 Å². The van der Waals surface area contributed by atoms with Crippen molar-refractivity contribution in [3.8, 4) is 17.5 Å². The Balaban J connectivity index is 1.59. The van der Waals surface area contributed by atoms with E-state index >= 15 is 0 Å². The van der Waals surface area contributed by atoms with E-state index in [0.717, 1.165) is 29.0 Å². The van der Waals surface area contributed by atoms with Crippen molar-refractivity contribution >= 4 is 17.1 Å². The molecule has 0 aliphatic heterocycles. The monoisotopic (exact) mass is 466 g/mol. The predicted molar refractivity (Wildman–Crippen MR) is 128 cm³/mol. The van der Waals surface area contributed by atoms with E-state index < -0.39 is 0 Å². The average Bonchev–Trinajstić information content (AvgIpc) is 3.46. The summed E-state index contributed by atoms with van der Waals surface area (Å²) in [6.07, 6.45) is 6.30. The van der Waals surface area contributed by atoms with E-state index in [4.69, 9.17) is 9.72 Å². The maximum Gasteiger partial charge on any atom is 0.173 e. The third-order valence-electron chi connectivity index (χ3n) is 6.14. The third kappa shape index (κ3) is 5.08. The molecule has 2 aromatic rings. The number of fused-ring (bicyclic) bond motifs is 1. The number of aromatic nitrogens is 2. The van der Waals surface area contributed by atoms with Gasteiger partial charge in [0.25, 0.3) is 0 Å². The van der Waals surface area contributed by atoms with Crippen LogP contribution >= 0.6 is 11.5 Å². The highest BCUT2D eigenvalue weighted by atomic mass is 32.1. The van der Waals surface area contributed by atoms with Gasteiger partial charge in [0.2, 0.25) is 0 Å². The summed E-state index contributed by atoms with van der Waals surface area (Å²) >= 11 is 1.35. The van der Waals surface area contributed by atoms with Crippen molar-refractivity contribution in [1.82, 2.24) is 14.3 Å². The normalized spacial score (nSPS) is 20.0. The maximum absolute atomic E-state index is 9.58. The summed E-state index contributed by atoms with van der Waals surface area (Å²) in [5.74, 6) is 0.705. The Kier molecular flexibility index (Phi) is 7.68. The molecule has 2 aliphatic carbocycles. The topological polar surface area (TPSA) is 102 Å². The first-order valence-corrected chi connectivity index (χ1v) is 12.2. The van der Waals surface area contributed by atoms with Crippen LogP contribution in [0.1, 0.15) is 48.9 Å². The fraction of sp³-hybridized carbons (Fsp3) is 0.480. The van der Waals surface area contributed by atoms with Gasteiger partial charge in [-0.1, -0.05) is 24.3 Å². The number of hydrogen-bond donors (Lipinski definition) is 2. The molecular formula is C25H30N4O3S. The fourth-order valence-electron chi connectivity index (χ4n) is 4.74. The standard InChI is InChI=1S/C25H30N4O3S/c1-16(2)32-23-9-6-17(14-18(23)15-26)25-27-24(28-33-25)21-5-3-4-20-19(21)7-8-22(20)29(10-12-30)11-13-31/h3-6,14,16,22-23,30-31H,7-13H2,1-2H3/t22-,23?/m0/s1. The molecule has 0 saturated heterocycles. The van der Waals surface area contributed by atoms with Crippen molar-refractivity contribution in [2.45, 2.75) is 51.4 Å². The lowest BCUT2D eigenvalue weighted by Crippen LogP contribution is -2.32. The van der Waals surface area contributed by atoms with Gasteiger partial charge in [0.05, 0.1) is 37.1 Å². The molecule has 7 nitrogen and oxygen atoms in total. The Labute approximate surface area is 198 Å². The van der Waals surface area contributed by atoms with Crippen molar-refractivity contribution < 1.29 is 14.9 Å². The fourth-order valence-corrected chi connectivity index (χ4v) is 5.43. The number of ether oxygens (including phenoxy) is 1. The van der Waals surface area contributed by atoms with Gasteiger partial charge in [0.15, 0.2) is 5.82 Å². The molecule has 1 heterocycles. The molecule has 8 heteroatoms. The minimum atomic E-state index is -0.207. The molecule has 0 fully saturated rings. The smallest absolute Gasteiger partial charge is 0.173 e. The Morgan fingerprint density at radius 1 is 1.27 bits per heavy atom. The van der Waals surface area contributed by atoms with Gasteiger partial charge < -0.3 is 14.9 Å². The van der Waals surface area contributed by atoms with Crippen LogP contribution in [0, 0.1) is 11.3 Å². The Bertz CT molecular complexity index is 1080. The number of nitrogens with zero attached hydrogens (tertiary/aromatic N) is 4. The maximum atomic E-state index is 9.58. The quantitative estimate of drug-likeness (QED) is 0.583. The van der Waals surface area contributed by atoms with Gasteiger partial charge in [-0.25, -0.2) is 4.98 Å². The zero-order chi connectivity index (χ0) is 23.4. The highest BCUT2D eigenvalue weighted by Crippen LogP contribution is 2.40. The summed E-state index contributed by atoms with van der Waals surface area (Å²) in [7, 11) is 0. The molecule has 33 heavy (non-hydrogen) atoms. The molecule has 2 N–H and O–H groups in total. The van der Waals surface area contributed by atoms with Crippen molar-refractivity contribution in [2.24, 2.45) is 0 Å². The number of hydrogen-bond acceptors (Lipinski definition) is 8. The molecule has 0 amide bonds. The van der Waals surface area contributed by atoms with Gasteiger partial charge in [-0.15, -0.1) is 0 Å². The van der Waals surface area contributed by atoms with Crippen molar-refractivity contribution in [2.75, 3.05) is 26.3 Å². The second-order valence-corrected chi connectivity index (χ2v) is 9.37. The van der Waals surface area contributed by atoms with Crippen molar-refractivity contribution in [3.05, 3.63) is 52.1 Å². The molecule has 4 rings (SSSR count). The first-order chi connectivity index (χ1) is 16.0. The highest BCUT2D eigenvalue weighted by Gasteiger charge is 2.30. The molecule has 2 aliphatic rings. The van der Waals surface area contributed by atoms with Crippen molar-refractivity contribution in [3.63, 3.8) is 0 Å². The van der Waals surface area contributed by atoms with E-state index in [9.17, 15) is 15.5 Å². The number of aliphatic hydroxyl groups excluding tert-OH is 2. The van der Waals surface area contributed by atoms with Crippen LogP contribution < -0.4 is 0 Å². The lowest BCUT2D eigenvalue weighted by Gasteiger charge is -2.28. The van der Waals surface area contributed by atoms with Gasteiger partial charge in [-0.05, 0) is 61.8 Å². The molecule has 2 atom stereocenters. The number of nitriles is 1. The molecule has 1 aromatic carbocycles. The van der Waals surface area contributed by atoms with E-state index in [2.05, 4.69) is 33.6 Å². The average molecular weight is 467 g/mol. The molecule has 1 aromatic heterocycles. The summed E-state index contributed by atoms with van der Waals surface area (Å²) in [6, 6.07) is 8.68. The van der Waals surface area contributed by atoms with Crippen molar-refractivity contribution in [1.29, 1.82) is 5.26 Å². The van der Waals surface area contributed by atoms with Gasteiger partial charge in [0.1, 0.15) is 5.01 Å². The first-order valence-electron chi connectivity index (χ1n) is 11.4. The second-order valence-electron chi connectivity index (χ2n) is 8.61. The first kappa shape index (κ1) is 23.7. The van der Waals surface area contributed by atoms with Crippen LogP contribution in [-0.2, 0) is 11.2 Å². The zero-order valence-corrected chi connectivity index (χ0v) is 19.9. The number of aliphatic hydroxyl groups is 2.